The number of hydrogen-bond acceptors (Lipinski definition) is 1. The first kappa shape index (κ1) is 10.3. The molecular formula is C11H13ClN2O. The number of anilines is 1. The smallest absolute Gasteiger partial charge is 0.317 e. The molecular weight excluding hydrogens is 212 g/mol. The van der Waals surface area contributed by atoms with E-state index in [0.717, 1.165) is 11.3 Å². The Morgan fingerprint density at radius 2 is 2.20 bits per heavy atom. The van der Waals surface area contributed by atoms with Crippen LogP contribution in [0.5, 0.6) is 0 Å². The van der Waals surface area contributed by atoms with Gasteiger partial charge in [-0.1, -0.05) is 18.2 Å². The molecule has 1 heterocycles. The van der Waals surface area contributed by atoms with Crippen LogP contribution in [0.15, 0.2) is 24.3 Å². The number of carbonyl (C=O) groups is 1. The summed E-state index contributed by atoms with van der Waals surface area (Å²) in [6.45, 7) is 2.59. The molecule has 3 nitrogen and oxygen atoms in total. The van der Waals surface area contributed by atoms with Crippen LogP contribution in [-0.4, -0.2) is 23.4 Å². The fourth-order valence-electron chi connectivity index (χ4n) is 1.89. The first-order chi connectivity index (χ1) is 7.24. The maximum Gasteiger partial charge on any atom is 0.322 e. The van der Waals surface area contributed by atoms with Crippen molar-refractivity contribution in [3.8, 4) is 0 Å². The maximum atomic E-state index is 11.7. The Hall–Kier alpha value is -1.22. The molecule has 2 rings (SSSR count). The number of rotatable bonds is 2. The zero-order valence-electron chi connectivity index (χ0n) is 8.53. The van der Waals surface area contributed by atoms with Crippen molar-refractivity contribution in [2.24, 2.45) is 0 Å². The first-order valence-corrected chi connectivity index (χ1v) is 5.50. The van der Waals surface area contributed by atoms with Crippen LogP contribution < -0.4 is 5.32 Å². The second-order valence-electron chi connectivity index (χ2n) is 3.58. The van der Waals surface area contributed by atoms with Gasteiger partial charge in [-0.25, -0.2) is 4.79 Å². The molecule has 1 unspecified atom stereocenters. The second kappa shape index (κ2) is 4.11. The van der Waals surface area contributed by atoms with Gasteiger partial charge in [-0.2, -0.15) is 0 Å². The largest absolute Gasteiger partial charge is 0.322 e. The highest BCUT2D eigenvalue weighted by Crippen LogP contribution is 2.31. The van der Waals surface area contributed by atoms with Crippen molar-refractivity contribution in [3.63, 3.8) is 0 Å². The van der Waals surface area contributed by atoms with Gasteiger partial charge >= 0.3 is 6.03 Å². The van der Waals surface area contributed by atoms with Crippen molar-refractivity contribution in [2.75, 3.05) is 17.7 Å². The number of nitrogens with one attached hydrogen (secondary N) is 1. The average molecular weight is 225 g/mol. The van der Waals surface area contributed by atoms with Gasteiger partial charge in [-0.3, -0.25) is 0 Å². The van der Waals surface area contributed by atoms with Crippen molar-refractivity contribution in [2.45, 2.75) is 13.0 Å². The third kappa shape index (κ3) is 1.79. The van der Waals surface area contributed by atoms with Gasteiger partial charge in [-0.05, 0) is 18.6 Å². The van der Waals surface area contributed by atoms with Crippen molar-refractivity contribution >= 4 is 23.3 Å². The van der Waals surface area contributed by atoms with E-state index in [1.54, 1.807) is 4.90 Å². The average Bonchev–Trinajstić information content (AvgIpc) is 2.24. The number of nitrogens with zero attached hydrogens (tertiary/aromatic N) is 1. The molecule has 80 valence electrons. The van der Waals surface area contributed by atoms with E-state index in [1.807, 2.05) is 31.2 Å². The van der Waals surface area contributed by atoms with Crippen LogP contribution in [0.3, 0.4) is 0 Å². The van der Waals surface area contributed by atoms with Gasteiger partial charge < -0.3 is 10.2 Å². The molecule has 0 saturated heterocycles. The zero-order chi connectivity index (χ0) is 10.8. The van der Waals surface area contributed by atoms with E-state index in [9.17, 15) is 4.79 Å². The van der Waals surface area contributed by atoms with E-state index in [1.165, 1.54) is 0 Å². The fraction of sp³-hybridized carbons (Fsp3) is 0.364. The Morgan fingerprint density at radius 1 is 1.47 bits per heavy atom. The lowest BCUT2D eigenvalue weighted by Crippen LogP contribution is -2.42. The van der Waals surface area contributed by atoms with Crippen LogP contribution in [0.25, 0.3) is 0 Å². The summed E-state index contributed by atoms with van der Waals surface area (Å²) in [5.74, 6) is 0.458. The summed E-state index contributed by atoms with van der Waals surface area (Å²) < 4.78 is 0. The fourth-order valence-corrected chi connectivity index (χ4v) is 2.07. The van der Waals surface area contributed by atoms with Crippen LogP contribution in [0.1, 0.15) is 18.5 Å². The Kier molecular flexibility index (Phi) is 2.82. The minimum Gasteiger partial charge on any atom is -0.317 e. The highest BCUT2D eigenvalue weighted by Gasteiger charge is 2.27. The minimum absolute atomic E-state index is 0.0677. The van der Waals surface area contributed by atoms with Gasteiger partial charge in [0.1, 0.15) is 0 Å². The SMILES string of the molecule is CC1c2ccccc2NC(=O)N1CCCl. The number of fused-ring (bicyclic) bond motifs is 1. The Morgan fingerprint density at radius 3 is 2.93 bits per heavy atom. The molecule has 0 radical (unpaired) electrons. The third-order valence-corrected chi connectivity index (χ3v) is 2.88. The monoisotopic (exact) mass is 224 g/mol. The van der Waals surface area contributed by atoms with Crippen LogP contribution in [0, 0.1) is 0 Å². The van der Waals surface area contributed by atoms with Crippen LogP contribution in [0.4, 0.5) is 10.5 Å². The van der Waals surface area contributed by atoms with Crippen molar-refractivity contribution < 1.29 is 4.79 Å². The summed E-state index contributed by atoms with van der Waals surface area (Å²) >= 11 is 5.67. The summed E-state index contributed by atoms with van der Waals surface area (Å²) in [6.07, 6.45) is 0. The molecule has 0 aliphatic carbocycles. The number of carbonyl (C=O) groups excluding carboxylic acids is 1. The second-order valence-corrected chi connectivity index (χ2v) is 3.95. The van der Waals surface area contributed by atoms with Gasteiger partial charge in [-0.15, -0.1) is 11.6 Å². The lowest BCUT2D eigenvalue weighted by Gasteiger charge is -2.34. The molecule has 1 aliphatic heterocycles. The van der Waals surface area contributed by atoms with Gasteiger partial charge in [0, 0.05) is 18.1 Å². The zero-order valence-corrected chi connectivity index (χ0v) is 9.29. The number of para-hydroxylation sites is 1. The van der Waals surface area contributed by atoms with Crippen LogP contribution in [-0.2, 0) is 0 Å². The summed E-state index contributed by atoms with van der Waals surface area (Å²) in [4.78, 5) is 13.5. The molecule has 1 aliphatic rings. The van der Waals surface area contributed by atoms with E-state index in [4.69, 9.17) is 11.6 Å². The number of benzene rings is 1. The predicted octanol–water partition coefficient (Wildman–Crippen LogP) is 2.83. The molecule has 0 saturated carbocycles. The van der Waals surface area contributed by atoms with Gasteiger partial charge in [0.25, 0.3) is 0 Å². The molecule has 0 fully saturated rings. The number of halogens is 1. The molecule has 1 N–H and O–H groups in total. The molecule has 2 amide bonds. The molecule has 1 aromatic rings. The Labute approximate surface area is 94.0 Å². The topological polar surface area (TPSA) is 32.3 Å². The quantitative estimate of drug-likeness (QED) is 0.770. The minimum atomic E-state index is -0.0677. The molecule has 0 aromatic heterocycles. The van der Waals surface area contributed by atoms with E-state index in [0.29, 0.717) is 12.4 Å². The van der Waals surface area contributed by atoms with Crippen LogP contribution >= 0.6 is 11.6 Å². The van der Waals surface area contributed by atoms with Gasteiger partial charge in [0.15, 0.2) is 0 Å². The van der Waals surface area contributed by atoms with Crippen molar-refractivity contribution in [1.29, 1.82) is 0 Å². The third-order valence-electron chi connectivity index (χ3n) is 2.71. The van der Waals surface area contributed by atoms with Gasteiger partial charge in [0.05, 0.1) is 6.04 Å². The van der Waals surface area contributed by atoms with E-state index in [-0.39, 0.29) is 12.1 Å². The summed E-state index contributed by atoms with van der Waals surface area (Å²) in [7, 11) is 0. The summed E-state index contributed by atoms with van der Waals surface area (Å²) in [5, 5.41) is 2.85. The molecule has 4 heteroatoms. The lowest BCUT2D eigenvalue weighted by molar-refractivity contribution is 0.194. The van der Waals surface area contributed by atoms with Gasteiger partial charge in [0.2, 0.25) is 0 Å². The summed E-state index contributed by atoms with van der Waals surface area (Å²) in [5.41, 5.74) is 2.04. The van der Waals surface area contributed by atoms with Crippen molar-refractivity contribution in [3.05, 3.63) is 29.8 Å². The Balaban J connectivity index is 2.34. The van der Waals surface area contributed by atoms with Crippen molar-refractivity contribution in [1.82, 2.24) is 4.90 Å². The number of alkyl halides is 1. The number of urea groups is 1. The van der Waals surface area contributed by atoms with Crippen LogP contribution in [0.2, 0.25) is 0 Å². The summed E-state index contributed by atoms with van der Waals surface area (Å²) in [6, 6.07) is 7.87. The molecule has 0 bridgehead atoms. The van der Waals surface area contributed by atoms with E-state index in [2.05, 4.69) is 5.32 Å². The number of hydrogen-bond donors (Lipinski definition) is 1. The highest BCUT2D eigenvalue weighted by atomic mass is 35.5. The molecule has 15 heavy (non-hydrogen) atoms. The maximum absolute atomic E-state index is 11.7. The first-order valence-electron chi connectivity index (χ1n) is 4.96. The molecule has 0 spiro atoms. The molecule has 1 aromatic carbocycles. The molecule has 1 atom stereocenters. The standard InChI is InChI=1S/C11H13ClN2O/c1-8-9-4-2-3-5-10(9)13-11(15)14(8)7-6-12/h2-5,8H,6-7H2,1H3,(H,13,15). The van der Waals surface area contributed by atoms with E-state index < -0.39 is 0 Å². The normalized spacial score (nSPS) is 19.7. The lowest BCUT2D eigenvalue weighted by atomic mass is 10.0. The van der Waals surface area contributed by atoms with E-state index >= 15 is 0 Å². The number of amides is 2. The predicted molar refractivity (Wildman–Crippen MR) is 61.3 cm³/mol. The Bertz CT molecular complexity index is 381. The highest BCUT2D eigenvalue weighted by molar-refractivity contribution is 6.18.